The van der Waals surface area contributed by atoms with Gasteiger partial charge in [0.1, 0.15) is 12.4 Å². The summed E-state index contributed by atoms with van der Waals surface area (Å²) < 4.78 is 5.86. The SMILES string of the molecule is Cc1c(OCc2c(Cl)cccc2Cl)ccc2c1CCC2=O. The van der Waals surface area contributed by atoms with Gasteiger partial charge in [-0.3, -0.25) is 4.79 Å². The lowest BCUT2D eigenvalue weighted by molar-refractivity contribution is 0.0994. The van der Waals surface area contributed by atoms with Crippen molar-refractivity contribution in [3.8, 4) is 5.75 Å². The third kappa shape index (κ3) is 2.66. The fraction of sp³-hybridized carbons (Fsp3) is 0.235. The first-order valence-corrected chi connectivity index (χ1v) is 7.55. The number of Topliss-reactive ketones (excluding diaryl/α,β-unsaturated/α-hetero) is 1. The van der Waals surface area contributed by atoms with Gasteiger partial charge in [-0.1, -0.05) is 29.3 Å². The minimum atomic E-state index is 0.216. The van der Waals surface area contributed by atoms with Crippen molar-refractivity contribution in [1.29, 1.82) is 0 Å². The first-order chi connectivity index (χ1) is 10.1. The van der Waals surface area contributed by atoms with E-state index in [0.717, 1.165) is 34.4 Å². The second-order valence-electron chi connectivity index (χ2n) is 5.13. The maximum absolute atomic E-state index is 11.7. The number of halogens is 2. The summed E-state index contributed by atoms with van der Waals surface area (Å²) in [6.07, 6.45) is 1.39. The zero-order chi connectivity index (χ0) is 15.0. The molecular formula is C17H14Cl2O2. The molecule has 0 aromatic heterocycles. The van der Waals surface area contributed by atoms with Gasteiger partial charge in [-0.15, -0.1) is 0 Å². The number of hydrogen-bond acceptors (Lipinski definition) is 2. The van der Waals surface area contributed by atoms with Crippen molar-refractivity contribution < 1.29 is 9.53 Å². The normalized spacial score (nSPS) is 13.4. The molecule has 0 spiro atoms. The molecule has 0 heterocycles. The molecular weight excluding hydrogens is 307 g/mol. The quantitative estimate of drug-likeness (QED) is 0.794. The summed E-state index contributed by atoms with van der Waals surface area (Å²) in [4.78, 5) is 11.7. The van der Waals surface area contributed by atoms with Crippen LogP contribution in [0.3, 0.4) is 0 Å². The van der Waals surface area contributed by atoms with E-state index in [1.165, 1.54) is 0 Å². The number of benzene rings is 2. The highest BCUT2D eigenvalue weighted by Gasteiger charge is 2.22. The van der Waals surface area contributed by atoms with Gasteiger partial charge in [0.15, 0.2) is 5.78 Å². The fourth-order valence-electron chi connectivity index (χ4n) is 2.67. The number of ether oxygens (including phenoxy) is 1. The lowest BCUT2D eigenvalue weighted by atomic mass is 10.0. The second kappa shape index (κ2) is 5.70. The van der Waals surface area contributed by atoms with Crippen molar-refractivity contribution in [3.05, 3.63) is 62.6 Å². The molecule has 1 aliphatic rings. The van der Waals surface area contributed by atoms with E-state index in [1.807, 2.05) is 19.1 Å². The van der Waals surface area contributed by atoms with E-state index < -0.39 is 0 Å². The van der Waals surface area contributed by atoms with Crippen LogP contribution in [0.4, 0.5) is 0 Å². The standard InChI is InChI=1S/C17H14Cl2O2/c1-10-11-5-7-16(20)12(11)6-8-17(10)21-9-13-14(18)3-2-4-15(13)19/h2-4,6,8H,5,7,9H2,1H3. The van der Waals surface area contributed by atoms with Gasteiger partial charge >= 0.3 is 0 Å². The number of fused-ring (bicyclic) bond motifs is 1. The van der Waals surface area contributed by atoms with Gasteiger partial charge in [-0.05, 0) is 48.7 Å². The van der Waals surface area contributed by atoms with E-state index >= 15 is 0 Å². The molecule has 0 unspecified atom stereocenters. The first kappa shape index (κ1) is 14.4. The molecule has 2 aromatic carbocycles. The topological polar surface area (TPSA) is 26.3 Å². The van der Waals surface area contributed by atoms with Crippen LogP contribution < -0.4 is 4.74 Å². The predicted octanol–water partition coefficient (Wildman–Crippen LogP) is 5.01. The Hall–Kier alpha value is -1.51. The molecule has 21 heavy (non-hydrogen) atoms. The third-order valence-corrected chi connectivity index (χ3v) is 4.59. The lowest BCUT2D eigenvalue weighted by Gasteiger charge is -2.13. The van der Waals surface area contributed by atoms with Crippen LogP contribution >= 0.6 is 23.2 Å². The molecule has 0 saturated heterocycles. The lowest BCUT2D eigenvalue weighted by Crippen LogP contribution is -2.01. The van der Waals surface area contributed by atoms with E-state index in [-0.39, 0.29) is 5.78 Å². The van der Waals surface area contributed by atoms with Crippen LogP contribution in [0, 0.1) is 6.92 Å². The summed E-state index contributed by atoms with van der Waals surface area (Å²) in [5.41, 5.74) is 3.73. The molecule has 2 aromatic rings. The Labute approximate surface area is 133 Å². The van der Waals surface area contributed by atoms with Gasteiger partial charge < -0.3 is 4.74 Å². The summed E-state index contributed by atoms with van der Waals surface area (Å²) in [6.45, 7) is 2.30. The van der Waals surface area contributed by atoms with Crippen LogP contribution in [0.5, 0.6) is 5.75 Å². The first-order valence-electron chi connectivity index (χ1n) is 6.79. The minimum Gasteiger partial charge on any atom is -0.489 e. The Morgan fingerprint density at radius 3 is 2.52 bits per heavy atom. The van der Waals surface area contributed by atoms with Gasteiger partial charge in [0, 0.05) is 27.6 Å². The van der Waals surface area contributed by atoms with Crippen LogP contribution in [0.25, 0.3) is 0 Å². The highest BCUT2D eigenvalue weighted by molar-refractivity contribution is 6.35. The number of carbonyl (C=O) groups is 1. The maximum Gasteiger partial charge on any atom is 0.163 e. The minimum absolute atomic E-state index is 0.216. The molecule has 0 bridgehead atoms. The Bertz CT molecular complexity index is 703. The molecule has 2 nitrogen and oxygen atoms in total. The number of rotatable bonds is 3. The Kier molecular flexibility index (Phi) is 3.92. The van der Waals surface area contributed by atoms with Gasteiger partial charge in [-0.2, -0.15) is 0 Å². The van der Waals surface area contributed by atoms with Crippen molar-refractivity contribution in [2.75, 3.05) is 0 Å². The average Bonchev–Trinajstić information content (AvgIpc) is 2.83. The zero-order valence-electron chi connectivity index (χ0n) is 11.6. The van der Waals surface area contributed by atoms with Crippen LogP contribution in [0.15, 0.2) is 30.3 Å². The molecule has 0 radical (unpaired) electrons. The summed E-state index contributed by atoms with van der Waals surface area (Å²) in [7, 11) is 0. The van der Waals surface area contributed by atoms with E-state index in [2.05, 4.69) is 0 Å². The Morgan fingerprint density at radius 1 is 1.10 bits per heavy atom. The van der Waals surface area contributed by atoms with Crippen LogP contribution in [-0.2, 0) is 13.0 Å². The highest BCUT2D eigenvalue weighted by Crippen LogP contribution is 2.32. The summed E-state index contributed by atoms with van der Waals surface area (Å²) in [6, 6.07) is 9.09. The Balaban J connectivity index is 1.85. The van der Waals surface area contributed by atoms with Crippen molar-refractivity contribution in [3.63, 3.8) is 0 Å². The van der Waals surface area contributed by atoms with Gasteiger partial charge in [-0.25, -0.2) is 0 Å². The molecule has 0 fully saturated rings. The molecule has 1 aliphatic carbocycles. The molecule has 0 saturated carbocycles. The number of hydrogen-bond donors (Lipinski definition) is 0. The number of carbonyl (C=O) groups excluding carboxylic acids is 1. The summed E-state index contributed by atoms with van der Waals surface area (Å²) in [5.74, 6) is 0.994. The summed E-state index contributed by atoms with van der Waals surface area (Å²) >= 11 is 12.3. The van der Waals surface area contributed by atoms with Crippen molar-refractivity contribution in [2.45, 2.75) is 26.4 Å². The van der Waals surface area contributed by atoms with Crippen LogP contribution in [-0.4, -0.2) is 5.78 Å². The molecule has 108 valence electrons. The van der Waals surface area contributed by atoms with E-state index in [0.29, 0.717) is 23.1 Å². The monoisotopic (exact) mass is 320 g/mol. The van der Waals surface area contributed by atoms with E-state index in [4.69, 9.17) is 27.9 Å². The molecule has 4 heteroatoms. The van der Waals surface area contributed by atoms with Crippen molar-refractivity contribution in [2.24, 2.45) is 0 Å². The maximum atomic E-state index is 11.7. The predicted molar refractivity (Wildman–Crippen MR) is 84.6 cm³/mol. The molecule has 0 atom stereocenters. The van der Waals surface area contributed by atoms with Crippen molar-refractivity contribution >= 4 is 29.0 Å². The van der Waals surface area contributed by atoms with Crippen LogP contribution in [0.1, 0.15) is 33.5 Å². The van der Waals surface area contributed by atoms with Gasteiger partial charge in [0.2, 0.25) is 0 Å². The molecule has 0 aliphatic heterocycles. The highest BCUT2D eigenvalue weighted by atomic mass is 35.5. The number of ketones is 1. The van der Waals surface area contributed by atoms with Gasteiger partial charge in [0.05, 0.1) is 0 Å². The third-order valence-electron chi connectivity index (χ3n) is 3.88. The van der Waals surface area contributed by atoms with Gasteiger partial charge in [0.25, 0.3) is 0 Å². The zero-order valence-corrected chi connectivity index (χ0v) is 13.1. The van der Waals surface area contributed by atoms with E-state index in [9.17, 15) is 4.79 Å². The smallest absolute Gasteiger partial charge is 0.163 e. The van der Waals surface area contributed by atoms with Crippen molar-refractivity contribution in [1.82, 2.24) is 0 Å². The largest absolute Gasteiger partial charge is 0.489 e. The fourth-order valence-corrected chi connectivity index (χ4v) is 3.18. The molecule has 0 N–H and O–H groups in total. The average molecular weight is 321 g/mol. The summed E-state index contributed by atoms with van der Waals surface area (Å²) in [5, 5.41) is 1.19. The Morgan fingerprint density at radius 2 is 1.81 bits per heavy atom. The molecule has 0 amide bonds. The second-order valence-corrected chi connectivity index (χ2v) is 5.94. The van der Waals surface area contributed by atoms with Crippen LogP contribution in [0.2, 0.25) is 10.0 Å². The van der Waals surface area contributed by atoms with E-state index in [1.54, 1.807) is 18.2 Å². The molecule has 3 rings (SSSR count).